The number of allylic oxidation sites excluding steroid dienone is 2. The molecule has 5 nitrogen and oxygen atoms in total. The molecule has 1 saturated heterocycles. The van der Waals surface area contributed by atoms with Crippen LogP contribution in [0.1, 0.15) is 24.5 Å². The van der Waals surface area contributed by atoms with Crippen LogP contribution >= 0.6 is 0 Å². The first-order valence-electron chi connectivity index (χ1n) is 13.9. The number of alkyl halides is 3. The Balaban J connectivity index is 1.44. The van der Waals surface area contributed by atoms with Crippen molar-refractivity contribution in [1.29, 1.82) is 0 Å². The topological polar surface area (TPSA) is 42.0 Å². The number of fused-ring (bicyclic) bond motifs is 5. The second kappa shape index (κ2) is 9.60. The summed E-state index contributed by atoms with van der Waals surface area (Å²) in [4.78, 5) is 16.4. The number of ether oxygens (including phenoxy) is 2. The molecule has 1 aliphatic carbocycles. The van der Waals surface area contributed by atoms with Crippen LogP contribution in [0.5, 0.6) is 11.5 Å². The molecule has 0 N–H and O–H groups in total. The Labute approximate surface area is 238 Å². The molecule has 41 heavy (non-hydrogen) atoms. The number of hydrogen-bond donors (Lipinski definition) is 0. The van der Waals surface area contributed by atoms with E-state index < -0.39 is 17.7 Å². The molecule has 9 heteroatoms. The van der Waals surface area contributed by atoms with Gasteiger partial charge < -0.3 is 19.3 Å². The second-order valence-electron chi connectivity index (χ2n) is 11.6. The molecule has 0 bridgehead atoms. The van der Waals surface area contributed by atoms with Crippen LogP contribution in [-0.2, 0) is 15.1 Å². The highest BCUT2D eigenvalue weighted by molar-refractivity contribution is 6.70. The quantitative estimate of drug-likeness (QED) is 0.331. The Morgan fingerprint density at radius 1 is 1.05 bits per heavy atom. The number of amides is 1. The molecule has 4 aliphatic rings. The highest BCUT2D eigenvalue weighted by atomic mass is 19.4. The van der Waals surface area contributed by atoms with Gasteiger partial charge in [0, 0.05) is 60.2 Å². The molecule has 2 atom stereocenters. The third-order valence-electron chi connectivity index (χ3n) is 8.58. The summed E-state index contributed by atoms with van der Waals surface area (Å²) < 4.78 is 55.0. The van der Waals surface area contributed by atoms with Gasteiger partial charge >= 0.3 is 6.18 Å². The van der Waals surface area contributed by atoms with Crippen molar-refractivity contribution >= 4 is 23.8 Å². The molecule has 1 spiro atoms. The lowest BCUT2D eigenvalue weighted by molar-refractivity contribution is -0.161. The van der Waals surface area contributed by atoms with E-state index in [1.54, 1.807) is 11.8 Å². The average molecular weight is 560 g/mol. The molecular formula is C32H32BF3N2O3. The molecular weight excluding hydrogens is 528 g/mol. The maximum atomic E-state index is 14.0. The van der Waals surface area contributed by atoms with Crippen molar-refractivity contribution in [3.63, 3.8) is 0 Å². The zero-order valence-electron chi connectivity index (χ0n) is 23.5. The van der Waals surface area contributed by atoms with Gasteiger partial charge in [0.05, 0.1) is 5.92 Å². The standard InChI is InChI=1S/C32H32BF3N2O3/c1-19(2)30(39)38-14-12-37(13-15-38)23-8-11-26-29(18-23)40-28-17-22(33(4)5)7-10-25(28)31(26)27-16-21(32(34,35)36)6-9-24(27)20(3)41-31/h6-11,17-18,21H,1,3,12-16H2,2,4-5H3. The summed E-state index contributed by atoms with van der Waals surface area (Å²) >= 11 is 0. The monoisotopic (exact) mass is 560 g/mol. The molecule has 2 aromatic carbocycles. The number of halogens is 3. The summed E-state index contributed by atoms with van der Waals surface area (Å²) in [5, 5.41) is 0. The fourth-order valence-corrected chi connectivity index (χ4v) is 6.32. The number of benzene rings is 2. The zero-order valence-corrected chi connectivity index (χ0v) is 23.5. The van der Waals surface area contributed by atoms with Crippen LogP contribution in [0.3, 0.4) is 0 Å². The maximum absolute atomic E-state index is 14.0. The van der Waals surface area contributed by atoms with E-state index in [-0.39, 0.29) is 19.0 Å². The normalized spacial score (nSPS) is 23.1. The van der Waals surface area contributed by atoms with Gasteiger partial charge in [-0.1, -0.05) is 56.6 Å². The van der Waals surface area contributed by atoms with Crippen molar-refractivity contribution in [3.05, 3.63) is 95.3 Å². The Kier molecular flexibility index (Phi) is 6.40. The average Bonchev–Trinajstić information content (AvgIpc) is 3.23. The predicted octanol–water partition coefficient (Wildman–Crippen LogP) is 6.20. The molecule has 0 saturated carbocycles. The van der Waals surface area contributed by atoms with Crippen molar-refractivity contribution in [2.45, 2.75) is 38.8 Å². The minimum atomic E-state index is -4.38. The Morgan fingerprint density at radius 3 is 2.34 bits per heavy atom. The molecule has 0 radical (unpaired) electrons. The van der Waals surface area contributed by atoms with Gasteiger partial charge in [-0.25, -0.2) is 0 Å². The van der Waals surface area contributed by atoms with Gasteiger partial charge in [-0.2, -0.15) is 13.2 Å². The summed E-state index contributed by atoms with van der Waals surface area (Å²) in [6.07, 6.45) is -1.89. The largest absolute Gasteiger partial charge is 0.473 e. The van der Waals surface area contributed by atoms with Crippen molar-refractivity contribution in [2.75, 3.05) is 31.1 Å². The van der Waals surface area contributed by atoms with Gasteiger partial charge in [-0.15, -0.1) is 0 Å². The fourth-order valence-electron chi connectivity index (χ4n) is 6.32. The molecule has 1 amide bonds. The Morgan fingerprint density at radius 2 is 1.71 bits per heavy atom. The predicted molar refractivity (Wildman–Crippen MR) is 155 cm³/mol. The highest BCUT2D eigenvalue weighted by Gasteiger charge is 2.55. The summed E-state index contributed by atoms with van der Waals surface area (Å²) in [7, 11) is 0. The molecule has 1 fully saturated rings. The lowest BCUT2D eigenvalue weighted by Gasteiger charge is -2.41. The number of nitrogens with zero attached hydrogens (tertiary/aromatic N) is 2. The van der Waals surface area contributed by atoms with E-state index in [0.717, 1.165) is 11.2 Å². The molecule has 2 aromatic rings. The van der Waals surface area contributed by atoms with E-state index in [9.17, 15) is 18.0 Å². The van der Waals surface area contributed by atoms with E-state index in [1.165, 1.54) is 12.2 Å². The van der Waals surface area contributed by atoms with Crippen molar-refractivity contribution in [2.24, 2.45) is 5.92 Å². The van der Waals surface area contributed by atoms with E-state index in [2.05, 4.69) is 31.7 Å². The number of carbonyl (C=O) groups excluding carboxylic acids is 1. The fraction of sp³-hybridized carbons (Fsp3) is 0.344. The van der Waals surface area contributed by atoms with Gasteiger partial charge in [0.2, 0.25) is 5.91 Å². The van der Waals surface area contributed by atoms with Crippen LogP contribution in [-0.4, -0.2) is 49.9 Å². The maximum Gasteiger partial charge on any atom is 0.395 e. The number of hydrogen-bond acceptors (Lipinski definition) is 4. The van der Waals surface area contributed by atoms with Gasteiger partial charge in [0.25, 0.3) is 0 Å². The van der Waals surface area contributed by atoms with Crippen molar-refractivity contribution in [1.82, 2.24) is 4.90 Å². The van der Waals surface area contributed by atoms with E-state index in [4.69, 9.17) is 9.47 Å². The number of piperazine rings is 1. The summed E-state index contributed by atoms with van der Waals surface area (Å²) in [5.41, 5.74) is 3.70. The van der Waals surface area contributed by atoms with E-state index >= 15 is 0 Å². The smallest absolute Gasteiger partial charge is 0.395 e. The minimum Gasteiger partial charge on any atom is -0.473 e. The first-order chi connectivity index (χ1) is 19.4. The van der Waals surface area contributed by atoms with Crippen LogP contribution < -0.4 is 15.1 Å². The van der Waals surface area contributed by atoms with Crippen LogP contribution in [0.25, 0.3) is 0 Å². The van der Waals surface area contributed by atoms with Crippen LogP contribution in [0.4, 0.5) is 18.9 Å². The number of rotatable bonds is 3. The van der Waals surface area contributed by atoms with Crippen LogP contribution in [0.2, 0.25) is 13.6 Å². The molecule has 3 heterocycles. The van der Waals surface area contributed by atoms with E-state index in [1.807, 2.05) is 36.4 Å². The lowest BCUT2D eigenvalue weighted by Crippen LogP contribution is -2.49. The van der Waals surface area contributed by atoms with Gasteiger partial charge in [-0.3, -0.25) is 4.79 Å². The summed E-state index contributed by atoms with van der Waals surface area (Å²) in [5.74, 6) is -0.200. The Bertz CT molecular complexity index is 1540. The second-order valence-corrected chi connectivity index (χ2v) is 11.6. The molecule has 0 aromatic heterocycles. The molecule has 2 unspecified atom stereocenters. The molecule has 212 valence electrons. The number of carbonyl (C=O) groups is 1. The summed E-state index contributed by atoms with van der Waals surface area (Å²) in [6, 6.07) is 11.7. The van der Waals surface area contributed by atoms with Gasteiger partial charge in [0.1, 0.15) is 17.3 Å². The van der Waals surface area contributed by atoms with Gasteiger partial charge in [0.15, 0.2) is 12.3 Å². The van der Waals surface area contributed by atoms with Gasteiger partial charge in [-0.05, 0) is 37.1 Å². The lowest BCUT2D eigenvalue weighted by atomic mass is 9.49. The highest BCUT2D eigenvalue weighted by Crippen LogP contribution is 2.61. The molecule has 3 aliphatic heterocycles. The van der Waals surface area contributed by atoms with Crippen LogP contribution in [0, 0.1) is 5.92 Å². The van der Waals surface area contributed by atoms with Crippen molar-refractivity contribution in [3.8, 4) is 11.5 Å². The minimum absolute atomic E-state index is 0.0423. The number of anilines is 1. The summed E-state index contributed by atoms with van der Waals surface area (Å²) in [6.45, 7) is 16.4. The Hall–Kier alpha value is -3.88. The third-order valence-corrected chi connectivity index (χ3v) is 8.58. The van der Waals surface area contributed by atoms with Crippen LogP contribution in [0.15, 0.2) is 84.2 Å². The zero-order chi connectivity index (χ0) is 29.3. The SMILES string of the molecule is C=C(C)C(=O)N1CCN(c2ccc3c(c2)Oc2cc(B(C)C)ccc2C32OC(=C)C3=C2CC(C(F)(F)F)C=C3)CC1. The van der Waals surface area contributed by atoms with Crippen molar-refractivity contribution < 1.29 is 27.4 Å². The third kappa shape index (κ3) is 4.37. The van der Waals surface area contributed by atoms with E-state index in [0.29, 0.717) is 71.3 Å². The first-order valence-corrected chi connectivity index (χ1v) is 13.9. The first kappa shape index (κ1) is 27.3. The molecule has 6 rings (SSSR count).